The summed E-state index contributed by atoms with van der Waals surface area (Å²) >= 11 is 0. The van der Waals surface area contributed by atoms with Gasteiger partial charge in [0.2, 0.25) is 5.91 Å². The molecule has 1 saturated heterocycles. The number of carbonyl (C=O) groups is 1. The number of benzene rings is 1. The second kappa shape index (κ2) is 5.85. The van der Waals surface area contributed by atoms with Crippen LogP contribution in [-0.2, 0) is 9.53 Å². The Balaban J connectivity index is 1.79. The van der Waals surface area contributed by atoms with Gasteiger partial charge in [-0.15, -0.1) is 0 Å². The van der Waals surface area contributed by atoms with E-state index in [4.69, 9.17) is 4.74 Å². The molecule has 104 valence electrons. The molecule has 1 aromatic heterocycles. The predicted octanol–water partition coefficient (Wildman–Crippen LogP) is 0.799. The molecule has 0 saturated carbocycles. The number of aromatic nitrogens is 2. The number of anilines is 1. The Morgan fingerprint density at radius 3 is 3.10 bits per heavy atom. The maximum atomic E-state index is 12.2. The number of ether oxygens (including phenoxy) is 1. The first-order chi connectivity index (χ1) is 9.84. The van der Waals surface area contributed by atoms with Crippen LogP contribution in [0.15, 0.2) is 43.0 Å². The molecule has 1 unspecified atom stereocenters. The summed E-state index contributed by atoms with van der Waals surface area (Å²) in [7, 11) is 0. The van der Waals surface area contributed by atoms with E-state index in [0.29, 0.717) is 19.8 Å². The average molecular weight is 272 g/mol. The molecule has 0 bridgehead atoms. The van der Waals surface area contributed by atoms with Crippen LogP contribution >= 0.6 is 0 Å². The number of carbonyl (C=O) groups excluding carboxylic acids is 1. The van der Waals surface area contributed by atoms with Gasteiger partial charge in [-0.1, -0.05) is 12.1 Å². The number of rotatable bonds is 3. The Morgan fingerprint density at radius 2 is 2.35 bits per heavy atom. The third kappa shape index (κ3) is 2.71. The molecule has 0 aliphatic carbocycles. The van der Waals surface area contributed by atoms with Gasteiger partial charge in [0.1, 0.15) is 6.04 Å². The number of morpholine rings is 1. The summed E-state index contributed by atoms with van der Waals surface area (Å²) in [5, 5.41) is 6.08. The Morgan fingerprint density at radius 1 is 1.45 bits per heavy atom. The lowest BCUT2D eigenvalue weighted by Crippen LogP contribution is -2.48. The second-order valence-corrected chi connectivity index (χ2v) is 4.56. The molecule has 20 heavy (non-hydrogen) atoms. The van der Waals surface area contributed by atoms with Gasteiger partial charge in [-0.2, -0.15) is 0 Å². The fraction of sp³-hybridized carbons (Fsp3) is 0.286. The van der Waals surface area contributed by atoms with E-state index in [1.807, 2.05) is 35.0 Å². The lowest BCUT2D eigenvalue weighted by atomic mass is 10.2. The molecule has 6 heteroatoms. The third-order valence-corrected chi connectivity index (χ3v) is 3.18. The van der Waals surface area contributed by atoms with E-state index < -0.39 is 0 Å². The van der Waals surface area contributed by atoms with Gasteiger partial charge < -0.3 is 19.9 Å². The molecule has 1 aliphatic heterocycles. The fourth-order valence-electron chi connectivity index (χ4n) is 2.16. The maximum Gasteiger partial charge on any atom is 0.243 e. The quantitative estimate of drug-likeness (QED) is 0.867. The van der Waals surface area contributed by atoms with E-state index >= 15 is 0 Å². The van der Waals surface area contributed by atoms with Crippen molar-refractivity contribution >= 4 is 11.6 Å². The molecule has 1 atom stereocenters. The van der Waals surface area contributed by atoms with E-state index in [1.165, 1.54) is 0 Å². The van der Waals surface area contributed by atoms with Gasteiger partial charge in [-0.05, 0) is 12.1 Å². The van der Waals surface area contributed by atoms with Crippen LogP contribution in [0.25, 0.3) is 5.69 Å². The van der Waals surface area contributed by atoms with Gasteiger partial charge >= 0.3 is 0 Å². The zero-order valence-corrected chi connectivity index (χ0v) is 11.0. The Hall–Kier alpha value is -2.18. The van der Waals surface area contributed by atoms with Crippen molar-refractivity contribution in [2.24, 2.45) is 0 Å². The van der Waals surface area contributed by atoms with Gasteiger partial charge in [-0.3, -0.25) is 4.79 Å². The molecule has 1 aromatic carbocycles. The average Bonchev–Trinajstić information content (AvgIpc) is 3.03. The third-order valence-electron chi connectivity index (χ3n) is 3.18. The van der Waals surface area contributed by atoms with Crippen LogP contribution in [0.2, 0.25) is 0 Å². The zero-order valence-electron chi connectivity index (χ0n) is 11.0. The Labute approximate surface area is 116 Å². The van der Waals surface area contributed by atoms with Crippen LogP contribution in [-0.4, -0.2) is 41.3 Å². The SMILES string of the molecule is O=C(Nc1ccccc1-n1ccnc1)C1COCCN1. The van der Waals surface area contributed by atoms with Gasteiger partial charge in [0.25, 0.3) is 0 Å². The maximum absolute atomic E-state index is 12.2. The predicted molar refractivity (Wildman–Crippen MR) is 74.8 cm³/mol. The second-order valence-electron chi connectivity index (χ2n) is 4.56. The summed E-state index contributed by atoms with van der Waals surface area (Å²) in [6.45, 7) is 1.75. The summed E-state index contributed by atoms with van der Waals surface area (Å²) in [5.41, 5.74) is 1.64. The molecule has 2 heterocycles. The monoisotopic (exact) mass is 272 g/mol. The van der Waals surface area contributed by atoms with Crippen molar-refractivity contribution in [2.75, 3.05) is 25.1 Å². The molecular formula is C14H16N4O2. The number of nitrogens with zero attached hydrogens (tertiary/aromatic N) is 2. The Bertz CT molecular complexity index is 577. The van der Waals surface area contributed by atoms with Crippen molar-refractivity contribution in [1.82, 2.24) is 14.9 Å². The van der Waals surface area contributed by atoms with E-state index in [1.54, 1.807) is 12.5 Å². The summed E-state index contributed by atoms with van der Waals surface area (Å²) in [6, 6.07) is 7.31. The largest absolute Gasteiger partial charge is 0.378 e. The zero-order chi connectivity index (χ0) is 13.8. The van der Waals surface area contributed by atoms with Crippen molar-refractivity contribution in [2.45, 2.75) is 6.04 Å². The van der Waals surface area contributed by atoms with Crippen molar-refractivity contribution in [3.05, 3.63) is 43.0 Å². The van der Waals surface area contributed by atoms with Gasteiger partial charge in [0.15, 0.2) is 0 Å². The fourth-order valence-corrected chi connectivity index (χ4v) is 2.16. The normalized spacial score (nSPS) is 18.7. The Kier molecular flexibility index (Phi) is 3.76. The van der Waals surface area contributed by atoms with Crippen LogP contribution in [0.3, 0.4) is 0 Å². The van der Waals surface area contributed by atoms with Crippen molar-refractivity contribution < 1.29 is 9.53 Å². The van der Waals surface area contributed by atoms with Crippen LogP contribution < -0.4 is 10.6 Å². The van der Waals surface area contributed by atoms with Gasteiger partial charge in [0, 0.05) is 18.9 Å². The van der Waals surface area contributed by atoms with Crippen molar-refractivity contribution in [1.29, 1.82) is 0 Å². The summed E-state index contributed by atoms with van der Waals surface area (Å²) in [4.78, 5) is 16.2. The smallest absolute Gasteiger partial charge is 0.243 e. The van der Waals surface area contributed by atoms with Crippen molar-refractivity contribution in [3.8, 4) is 5.69 Å². The lowest BCUT2D eigenvalue weighted by Gasteiger charge is -2.23. The first kappa shape index (κ1) is 12.8. The minimum atomic E-state index is -0.306. The number of amides is 1. The minimum Gasteiger partial charge on any atom is -0.378 e. The minimum absolute atomic E-state index is 0.0859. The highest BCUT2D eigenvalue weighted by Gasteiger charge is 2.21. The van der Waals surface area contributed by atoms with Crippen molar-refractivity contribution in [3.63, 3.8) is 0 Å². The molecule has 3 rings (SSSR count). The summed E-state index contributed by atoms with van der Waals surface area (Å²) < 4.78 is 7.17. The number of hydrogen-bond donors (Lipinski definition) is 2. The van der Waals surface area contributed by atoms with E-state index in [9.17, 15) is 4.79 Å². The molecule has 2 aromatic rings. The lowest BCUT2D eigenvalue weighted by molar-refractivity contribution is -0.120. The van der Waals surface area contributed by atoms with Crippen LogP contribution in [0.4, 0.5) is 5.69 Å². The number of para-hydroxylation sites is 2. The van der Waals surface area contributed by atoms with E-state index in [-0.39, 0.29) is 11.9 Å². The number of imidazole rings is 1. The summed E-state index contributed by atoms with van der Waals surface area (Å²) in [6.07, 6.45) is 5.25. The summed E-state index contributed by atoms with van der Waals surface area (Å²) in [5.74, 6) is -0.0859. The van der Waals surface area contributed by atoms with Gasteiger partial charge in [0.05, 0.1) is 30.9 Å². The van der Waals surface area contributed by atoms with Crippen LogP contribution in [0, 0.1) is 0 Å². The molecule has 6 nitrogen and oxygen atoms in total. The molecule has 0 radical (unpaired) electrons. The van der Waals surface area contributed by atoms with Crippen LogP contribution in [0.1, 0.15) is 0 Å². The number of hydrogen-bond acceptors (Lipinski definition) is 4. The topological polar surface area (TPSA) is 68.2 Å². The molecule has 1 amide bonds. The highest BCUT2D eigenvalue weighted by molar-refractivity contribution is 5.96. The highest BCUT2D eigenvalue weighted by Crippen LogP contribution is 2.19. The number of nitrogens with one attached hydrogen (secondary N) is 2. The standard InChI is InChI=1S/C14H16N4O2/c19-14(12-9-20-8-6-16-12)17-11-3-1-2-4-13(11)18-7-5-15-10-18/h1-5,7,10,12,16H,6,8-9H2,(H,17,19). The van der Waals surface area contributed by atoms with Crippen LogP contribution in [0.5, 0.6) is 0 Å². The highest BCUT2D eigenvalue weighted by atomic mass is 16.5. The molecule has 2 N–H and O–H groups in total. The first-order valence-electron chi connectivity index (χ1n) is 6.54. The van der Waals surface area contributed by atoms with E-state index in [2.05, 4.69) is 15.6 Å². The molecule has 0 spiro atoms. The molecule has 1 aliphatic rings. The van der Waals surface area contributed by atoms with E-state index in [0.717, 1.165) is 11.4 Å². The molecule has 1 fully saturated rings. The first-order valence-corrected chi connectivity index (χ1v) is 6.54. The molecular weight excluding hydrogens is 256 g/mol. The van der Waals surface area contributed by atoms with Gasteiger partial charge in [-0.25, -0.2) is 4.98 Å².